The molecule has 6 nitrogen and oxygen atoms in total. The first-order valence-corrected chi connectivity index (χ1v) is 8.55. The maximum Gasteiger partial charge on any atom is 0.311 e. The van der Waals surface area contributed by atoms with Gasteiger partial charge < -0.3 is 10.1 Å². The van der Waals surface area contributed by atoms with Crippen LogP contribution in [0, 0.1) is 15.9 Å². The molecule has 132 valence electrons. The zero-order valence-electron chi connectivity index (χ0n) is 13.5. The van der Waals surface area contributed by atoms with Crippen LogP contribution in [0.15, 0.2) is 42.5 Å². The molecule has 0 fully saturated rings. The van der Waals surface area contributed by atoms with Crippen LogP contribution in [-0.2, 0) is 17.1 Å². The summed E-state index contributed by atoms with van der Waals surface area (Å²) in [6, 6.07) is 10.7. The summed E-state index contributed by atoms with van der Waals surface area (Å²) in [6.45, 7) is 0.255. The Labute approximate surface area is 148 Å². The zero-order chi connectivity index (χ0) is 18.2. The lowest BCUT2D eigenvalue weighted by atomic mass is 10.2. The topological polar surface area (TPSA) is 81.5 Å². The lowest BCUT2D eigenvalue weighted by Crippen LogP contribution is -2.24. The maximum absolute atomic E-state index is 13.1. The number of rotatable bonds is 8. The minimum Gasteiger partial charge on any atom is -0.490 e. The van der Waals surface area contributed by atoms with Gasteiger partial charge in [-0.15, -0.1) is 11.8 Å². The van der Waals surface area contributed by atoms with Crippen LogP contribution in [0.4, 0.5) is 10.1 Å². The fraction of sp³-hybridized carbons (Fsp3) is 0.235. The predicted molar refractivity (Wildman–Crippen MR) is 94.1 cm³/mol. The van der Waals surface area contributed by atoms with E-state index in [1.807, 2.05) is 0 Å². The molecular weight excluding hydrogens is 347 g/mol. The van der Waals surface area contributed by atoms with Gasteiger partial charge in [0, 0.05) is 18.4 Å². The van der Waals surface area contributed by atoms with E-state index in [0.29, 0.717) is 11.3 Å². The molecular formula is C17H17FN2O4S. The van der Waals surface area contributed by atoms with Crippen LogP contribution in [0.5, 0.6) is 5.75 Å². The van der Waals surface area contributed by atoms with Gasteiger partial charge in [0.25, 0.3) is 0 Å². The van der Waals surface area contributed by atoms with Crippen molar-refractivity contribution in [2.24, 2.45) is 0 Å². The van der Waals surface area contributed by atoms with Crippen LogP contribution in [-0.4, -0.2) is 23.7 Å². The number of methoxy groups -OCH3 is 1. The lowest BCUT2D eigenvalue weighted by molar-refractivity contribution is -0.385. The van der Waals surface area contributed by atoms with E-state index < -0.39 is 4.92 Å². The number of nitro benzene ring substituents is 1. The van der Waals surface area contributed by atoms with Crippen molar-refractivity contribution < 1.29 is 18.8 Å². The molecule has 0 aliphatic rings. The lowest BCUT2D eigenvalue weighted by Gasteiger charge is -2.07. The number of hydrogen-bond acceptors (Lipinski definition) is 5. The summed E-state index contributed by atoms with van der Waals surface area (Å²) in [7, 11) is 1.37. The van der Waals surface area contributed by atoms with Crippen molar-refractivity contribution in [2.75, 3.05) is 12.9 Å². The van der Waals surface area contributed by atoms with Crippen molar-refractivity contribution in [3.63, 3.8) is 0 Å². The van der Waals surface area contributed by atoms with Crippen molar-refractivity contribution in [2.45, 2.75) is 12.3 Å². The molecule has 0 heterocycles. The molecule has 1 N–H and O–H groups in total. The highest BCUT2D eigenvalue weighted by atomic mass is 32.2. The standard InChI is InChI=1S/C17H17FN2O4S/c1-24-16-6-5-13(8-15(16)20(22)23)10-25-11-17(21)19-9-12-3-2-4-14(18)7-12/h2-8H,9-11H2,1H3,(H,19,21). The summed E-state index contributed by atoms with van der Waals surface area (Å²) >= 11 is 1.34. The van der Waals surface area contributed by atoms with E-state index in [1.165, 1.54) is 43.1 Å². The van der Waals surface area contributed by atoms with Crippen molar-refractivity contribution in [3.8, 4) is 5.75 Å². The number of halogens is 1. The molecule has 2 rings (SSSR count). The molecule has 0 saturated carbocycles. The van der Waals surface area contributed by atoms with E-state index in [1.54, 1.807) is 18.2 Å². The normalized spacial score (nSPS) is 10.3. The van der Waals surface area contributed by atoms with Gasteiger partial charge in [-0.05, 0) is 29.3 Å². The Morgan fingerprint density at radius 3 is 2.76 bits per heavy atom. The molecule has 0 bridgehead atoms. The average Bonchev–Trinajstić information content (AvgIpc) is 2.60. The summed E-state index contributed by atoms with van der Waals surface area (Å²) in [6.07, 6.45) is 0. The van der Waals surface area contributed by atoms with E-state index >= 15 is 0 Å². The minimum absolute atomic E-state index is 0.101. The third-order valence-corrected chi connectivity index (χ3v) is 4.32. The molecule has 0 saturated heterocycles. The van der Waals surface area contributed by atoms with Gasteiger partial charge in [0.15, 0.2) is 5.75 Å². The number of ether oxygens (including phenoxy) is 1. The van der Waals surface area contributed by atoms with Gasteiger partial charge in [-0.3, -0.25) is 14.9 Å². The number of nitro groups is 1. The molecule has 8 heteroatoms. The van der Waals surface area contributed by atoms with Gasteiger partial charge in [0.2, 0.25) is 5.91 Å². The smallest absolute Gasteiger partial charge is 0.311 e. The van der Waals surface area contributed by atoms with Crippen molar-refractivity contribution in [1.82, 2.24) is 5.32 Å². The molecule has 2 aromatic carbocycles. The first-order valence-electron chi connectivity index (χ1n) is 7.40. The monoisotopic (exact) mass is 364 g/mol. The van der Waals surface area contributed by atoms with Gasteiger partial charge >= 0.3 is 5.69 Å². The molecule has 2 aromatic rings. The number of nitrogens with zero attached hydrogens (tertiary/aromatic N) is 1. The van der Waals surface area contributed by atoms with Crippen LogP contribution < -0.4 is 10.1 Å². The second kappa shape index (κ2) is 9.03. The van der Waals surface area contributed by atoms with Crippen molar-refractivity contribution in [3.05, 3.63) is 69.5 Å². The van der Waals surface area contributed by atoms with E-state index in [9.17, 15) is 19.3 Å². The Hall–Kier alpha value is -2.61. The molecule has 0 radical (unpaired) electrons. The van der Waals surface area contributed by atoms with Crippen LogP contribution in [0.1, 0.15) is 11.1 Å². The number of amides is 1. The Morgan fingerprint density at radius 1 is 1.28 bits per heavy atom. The number of carbonyl (C=O) groups is 1. The van der Waals surface area contributed by atoms with Crippen LogP contribution in [0.25, 0.3) is 0 Å². The van der Waals surface area contributed by atoms with Gasteiger partial charge in [0.05, 0.1) is 17.8 Å². The Balaban J connectivity index is 1.81. The number of carbonyl (C=O) groups excluding carboxylic acids is 1. The Bertz CT molecular complexity index is 770. The third kappa shape index (κ3) is 5.75. The Morgan fingerprint density at radius 2 is 2.08 bits per heavy atom. The first kappa shape index (κ1) is 18.7. The third-order valence-electron chi connectivity index (χ3n) is 3.32. The van der Waals surface area contributed by atoms with Gasteiger partial charge in [0.1, 0.15) is 5.82 Å². The molecule has 0 aliphatic carbocycles. The fourth-order valence-corrected chi connectivity index (χ4v) is 2.93. The SMILES string of the molecule is COc1ccc(CSCC(=O)NCc2cccc(F)c2)cc1[N+](=O)[O-]. The van der Waals surface area contributed by atoms with E-state index in [4.69, 9.17) is 4.74 Å². The molecule has 0 aliphatic heterocycles. The second-order valence-electron chi connectivity index (χ2n) is 5.16. The number of nitrogens with one attached hydrogen (secondary N) is 1. The van der Waals surface area contributed by atoms with Gasteiger partial charge in [-0.2, -0.15) is 0 Å². The highest BCUT2D eigenvalue weighted by molar-refractivity contribution is 7.99. The highest BCUT2D eigenvalue weighted by Crippen LogP contribution is 2.28. The van der Waals surface area contributed by atoms with Crippen LogP contribution >= 0.6 is 11.8 Å². The van der Waals surface area contributed by atoms with Crippen LogP contribution in [0.3, 0.4) is 0 Å². The second-order valence-corrected chi connectivity index (χ2v) is 6.15. The first-order chi connectivity index (χ1) is 12.0. The average molecular weight is 364 g/mol. The fourth-order valence-electron chi connectivity index (χ4n) is 2.13. The largest absolute Gasteiger partial charge is 0.490 e. The highest BCUT2D eigenvalue weighted by Gasteiger charge is 2.15. The summed E-state index contributed by atoms with van der Waals surface area (Å²) in [5.41, 5.74) is 1.32. The van der Waals surface area contributed by atoms with E-state index in [-0.39, 0.29) is 35.5 Å². The van der Waals surface area contributed by atoms with E-state index in [0.717, 1.165) is 5.56 Å². The summed E-state index contributed by atoms with van der Waals surface area (Å²) in [4.78, 5) is 22.3. The summed E-state index contributed by atoms with van der Waals surface area (Å²) in [5, 5.41) is 13.7. The van der Waals surface area contributed by atoms with E-state index in [2.05, 4.69) is 5.32 Å². The summed E-state index contributed by atoms with van der Waals surface area (Å²) < 4.78 is 18.0. The van der Waals surface area contributed by atoms with Crippen molar-refractivity contribution in [1.29, 1.82) is 0 Å². The minimum atomic E-state index is -0.501. The number of thioether (sulfide) groups is 1. The molecule has 0 spiro atoms. The van der Waals surface area contributed by atoms with Crippen molar-refractivity contribution >= 4 is 23.4 Å². The zero-order valence-corrected chi connectivity index (χ0v) is 14.3. The number of benzene rings is 2. The predicted octanol–water partition coefficient (Wildman–Crippen LogP) is 3.29. The molecule has 0 aromatic heterocycles. The van der Waals surface area contributed by atoms with Gasteiger partial charge in [-0.25, -0.2) is 4.39 Å². The summed E-state index contributed by atoms with van der Waals surface area (Å²) in [5.74, 6) is 0.332. The molecule has 0 atom stereocenters. The maximum atomic E-state index is 13.1. The molecule has 1 amide bonds. The van der Waals surface area contributed by atoms with Gasteiger partial charge in [-0.1, -0.05) is 18.2 Å². The molecule has 0 unspecified atom stereocenters. The Kier molecular flexibility index (Phi) is 6.76. The quantitative estimate of drug-likeness (QED) is 0.574. The molecule has 25 heavy (non-hydrogen) atoms. The number of hydrogen-bond donors (Lipinski definition) is 1. The van der Waals surface area contributed by atoms with Crippen LogP contribution in [0.2, 0.25) is 0 Å².